The first-order valence-electron chi connectivity index (χ1n) is 7.06. The highest BCUT2D eigenvalue weighted by atomic mass is 79.9. The Balaban J connectivity index is 2.37. The molecular weight excluding hydrogens is 350 g/mol. The molecule has 1 aliphatic heterocycles. The summed E-state index contributed by atoms with van der Waals surface area (Å²) in [5.74, 6) is -1.50. The van der Waals surface area contributed by atoms with Crippen LogP contribution in [0.3, 0.4) is 0 Å². The van der Waals surface area contributed by atoms with E-state index in [1.165, 1.54) is 0 Å². The van der Waals surface area contributed by atoms with E-state index in [1.807, 2.05) is 0 Å². The summed E-state index contributed by atoms with van der Waals surface area (Å²) in [4.78, 5) is 38.4. The molecular formula is C16H18BrNO4. The third kappa shape index (κ3) is 2.92. The van der Waals surface area contributed by atoms with Gasteiger partial charge in [0.25, 0.3) is 11.8 Å². The van der Waals surface area contributed by atoms with Crippen LogP contribution in [0.5, 0.6) is 0 Å². The maximum Gasteiger partial charge on any atom is 0.329 e. The van der Waals surface area contributed by atoms with Crippen molar-refractivity contribution in [1.82, 2.24) is 4.90 Å². The number of benzene rings is 1. The Morgan fingerprint density at radius 1 is 1.27 bits per heavy atom. The van der Waals surface area contributed by atoms with Crippen LogP contribution < -0.4 is 0 Å². The number of hydrogen-bond donors (Lipinski definition) is 0. The fourth-order valence-electron chi connectivity index (χ4n) is 2.37. The van der Waals surface area contributed by atoms with Crippen LogP contribution in [0.1, 0.15) is 54.8 Å². The van der Waals surface area contributed by atoms with Crippen molar-refractivity contribution in [2.45, 2.75) is 45.8 Å². The van der Waals surface area contributed by atoms with Crippen molar-refractivity contribution in [3.05, 3.63) is 33.8 Å². The summed E-state index contributed by atoms with van der Waals surface area (Å²) in [6.45, 7) is 6.98. The van der Waals surface area contributed by atoms with Gasteiger partial charge < -0.3 is 4.74 Å². The van der Waals surface area contributed by atoms with Gasteiger partial charge in [-0.3, -0.25) is 14.5 Å². The number of nitrogens with zero attached hydrogens (tertiary/aromatic N) is 1. The second-order valence-corrected chi connectivity index (χ2v) is 6.95. The average molecular weight is 368 g/mol. The van der Waals surface area contributed by atoms with E-state index in [-0.39, 0.29) is 0 Å². The zero-order valence-corrected chi connectivity index (χ0v) is 14.6. The van der Waals surface area contributed by atoms with E-state index in [1.54, 1.807) is 45.9 Å². The summed E-state index contributed by atoms with van der Waals surface area (Å²) in [5.41, 5.74) is -0.0695. The molecule has 5 nitrogen and oxygen atoms in total. The molecule has 2 rings (SSSR count). The van der Waals surface area contributed by atoms with Crippen molar-refractivity contribution in [2.24, 2.45) is 0 Å². The number of esters is 1. The lowest BCUT2D eigenvalue weighted by Gasteiger charge is -2.27. The maximum atomic E-state index is 12.6. The highest BCUT2D eigenvalue weighted by Crippen LogP contribution is 2.31. The molecule has 1 aromatic carbocycles. The number of amides is 2. The second kappa shape index (κ2) is 5.83. The summed E-state index contributed by atoms with van der Waals surface area (Å²) in [7, 11) is 0. The fourth-order valence-corrected chi connectivity index (χ4v) is 2.91. The monoisotopic (exact) mass is 367 g/mol. The van der Waals surface area contributed by atoms with Crippen LogP contribution in [0.25, 0.3) is 0 Å². The van der Waals surface area contributed by atoms with E-state index in [9.17, 15) is 14.4 Å². The van der Waals surface area contributed by atoms with Crippen molar-refractivity contribution >= 4 is 33.7 Å². The first-order chi connectivity index (χ1) is 10.2. The van der Waals surface area contributed by atoms with Gasteiger partial charge in [-0.05, 0) is 55.3 Å². The van der Waals surface area contributed by atoms with E-state index in [4.69, 9.17) is 4.74 Å². The Morgan fingerprint density at radius 2 is 1.91 bits per heavy atom. The predicted octanol–water partition coefficient (Wildman–Crippen LogP) is 3.17. The standard InChI is InChI=1S/C16H18BrNO4/c1-5-11(15(21)22-16(2,3)4)18-13(19)9-7-6-8-10(17)12(9)14(18)20/h6-8,11H,5H2,1-4H3. The first kappa shape index (κ1) is 16.7. The number of ether oxygens (including phenoxy) is 1. The van der Waals surface area contributed by atoms with E-state index in [0.717, 1.165) is 4.90 Å². The van der Waals surface area contributed by atoms with Crippen molar-refractivity contribution in [3.63, 3.8) is 0 Å². The van der Waals surface area contributed by atoms with Crippen LogP contribution in [-0.4, -0.2) is 34.3 Å². The van der Waals surface area contributed by atoms with Crippen LogP contribution in [0, 0.1) is 0 Å². The summed E-state index contributed by atoms with van der Waals surface area (Å²) < 4.78 is 5.88. The summed E-state index contributed by atoms with van der Waals surface area (Å²) in [5, 5.41) is 0. The van der Waals surface area contributed by atoms with Gasteiger partial charge in [-0.1, -0.05) is 13.0 Å². The number of carbonyl (C=O) groups excluding carboxylic acids is 3. The zero-order valence-electron chi connectivity index (χ0n) is 13.0. The van der Waals surface area contributed by atoms with Gasteiger partial charge in [-0.15, -0.1) is 0 Å². The maximum absolute atomic E-state index is 12.6. The normalized spacial score (nSPS) is 15.8. The van der Waals surface area contributed by atoms with Gasteiger partial charge in [0.15, 0.2) is 0 Å². The van der Waals surface area contributed by atoms with E-state index >= 15 is 0 Å². The molecule has 0 N–H and O–H groups in total. The van der Waals surface area contributed by atoms with Crippen molar-refractivity contribution in [3.8, 4) is 0 Å². The Kier molecular flexibility index (Phi) is 4.42. The summed E-state index contributed by atoms with van der Waals surface area (Å²) >= 11 is 3.28. The molecule has 0 aromatic heterocycles. The fraction of sp³-hybridized carbons (Fsp3) is 0.438. The predicted molar refractivity (Wildman–Crippen MR) is 84.6 cm³/mol. The number of rotatable bonds is 3. The van der Waals surface area contributed by atoms with E-state index < -0.39 is 29.4 Å². The Labute approximate surface area is 137 Å². The van der Waals surface area contributed by atoms with Gasteiger partial charge in [0.2, 0.25) is 0 Å². The molecule has 0 spiro atoms. The molecule has 1 aliphatic rings. The van der Waals surface area contributed by atoms with Gasteiger partial charge in [0, 0.05) is 4.47 Å². The van der Waals surface area contributed by atoms with Gasteiger partial charge in [-0.25, -0.2) is 4.79 Å². The molecule has 6 heteroatoms. The molecule has 118 valence electrons. The molecule has 22 heavy (non-hydrogen) atoms. The Bertz CT molecular complexity index is 648. The number of hydrogen-bond acceptors (Lipinski definition) is 4. The number of fused-ring (bicyclic) bond motifs is 1. The smallest absolute Gasteiger partial charge is 0.329 e. The molecule has 0 saturated heterocycles. The van der Waals surface area contributed by atoms with Crippen LogP contribution in [-0.2, 0) is 9.53 Å². The van der Waals surface area contributed by atoms with Gasteiger partial charge in [0.05, 0.1) is 11.1 Å². The Morgan fingerprint density at radius 3 is 2.41 bits per heavy atom. The van der Waals surface area contributed by atoms with Crippen molar-refractivity contribution in [2.75, 3.05) is 0 Å². The lowest BCUT2D eigenvalue weighted by atomic mass is 10.1. The van der Waals surface area contributed by atoms with Crippen LogP contribution >= 0.6 is 15.9 Å². The van der Waals surface area contributed by atoms with Gasteiger partial charge in [-0.2, -0.15) is 0 Å². The summed E-state index contributed by atoms with van der Waals surface area (Å²) in [6.07, 6.45) is 0.304. The topological polar surface area (TPSA) is 63.7 Å². The summed E-state index contributed by atoms with van der Waals surface area (Å²) in [6, 6.07) is 4.05. The molecule has 0 fully saturated rings. The molecule has 0 radical (unpaired) electrons. The highest BCUT2D eigenvalue weighted by molar-refractivity contribution is 9.10. The third-order valence-electron chi connectivity index (χ3n) is 3.27. The minimum absolute atomic E-state index is 0.300. The second-order valence-electron chi connectivity index (χ2n) is 6.10. The SMILES string of the molecule is CCC(C(=O)OC(C)(C)C)N1C(=O)c2cccc(Br)c2C1=O. The highest BCUT2D eigenvalue weighted by Gasteiger charge is 2.44. The van der Waals surface area contributed by atoms with Crippen LogP contribution in [0.4, 0.5) is 0 Å². The first-order valence-corrected chi connectivity index (χ1v) is 7.86. The average Bonchev–Trinajstić information content (AvgIpc) is 2.64. The molecule has 1 atom stereocenters. The molecule has 1 aromatic rings. The zero-order chi connectivity index (χ0) is 16.7. The van der Waals surface area contributed by atoms with Gasteiger partial charge >= 0.3 is 5.97 Å². The number of carbonyl (C=O) groups is 3. The van der Waals surface area contributed by atoms with Crippen LogP contribution in [0.2, 0.25) is 0 Å². The van der Waals surface area contributed by atoms with Gasteiger partial charge in [0.1, 0.15) is 11.6 Å². The lowest BCUT2D eigenvalue weighted by Crippen LogP contribution is -2.47. The van der Waals surface area contributed by atoms with E-state index in [0.29, 0.717) is 22.0 Å². The minimum atomic E-state index is -0.918. The molecule has 0 saturated carbocycles. The number of halogens is 1. The number of imide groups is 1. The molecule has 1 heterocycles. The minimum Gasteiger partial charge on any atom is -0.458 e. The third-order valence-corrected chi connectivity index (χ3v) is 3.93. The molecule has 2 amide bonds. The van der Waals surface area contributed by atoms with E-state index in [2.05, 4.69) is 15.9 Å². The van der Waals surface area contributed by atoms with Crippen molar-refractivity contribution in [1.29, 1.82) is 0 Å². The molecule has 1 unspecified atom stereocenters. The quantitative estimate of drug-likeness (QED) is 0.607. The molecule has 0 aliphatic carbocycles. The van der Waals surface area contributed by atoms with Crippen molar-refractivity contribution < 1.29 is 19.1 Å². The lowest BCUT2D eigenvalue weighted by molar-refractivity contribution is -0.159. The Hall–Kier alpha value is -1.69. The van der Waals surface area contributed by atoms with Crippen LogP contribution in [0.15, 0.2) is 22.7 Å². The largest absolute Gasteiger partial charge is 0.458 e. The molecule has 0 bridgehead atoms.